The molecule has 0 fully saturated rings. The Labute approximate surface area is 54.0 Å². The predicted octanol–water partition coefficient (Wildman–Crippen LogP) is 1.11. The summed E-state index contributed by atoms with van der Waals surface area (Å²) in [5.41, 5.74) is 0. The van der Waals surface area contributed by atoms with Crippen LogP contribution in [0.1, 0.15) is 13.8 Å². The topological polar surface area (TPSA) is 26.3 Å². The number of alkyl halides is 1. The average molecular weight is 133 g/mol. The largest absolute Gasteiger partial charge is 0.462 e. The van der Waals surface area contributed by atoms with Gasteiger partial charge in [-0.15, -0.1) is 0 Å². The molecule has 0 aliphatic heterocycles. The van der Waals surface area contributed by atoms with Crippen LogP contribution in [0.25, 0.3) is 0 Å². The number of hydrogen-bond acceptors (Lipinski definition) is 2. The van der Waals surface area contributed by atoms with Crippen molar-refractivity contribution < 1.29 is 13.9 Å². The van der Waals surface area contributed by atoms with Crippen molar-refractivity contribution in [2.75, 3.05) is 13.3 Å². The first-order chi connectivity index (χ1) is 4.18. The molecule has 0 unspecified atom stereocenters. The first-order valence-electron chi connectivity index (χ1n) is 2.71. The van der Waals surface area contributed by atoms with E-state index in [1.165, 1.54) is 0 Å². The van der Waals surface area contributed by atoms with Gasteiger partial charge in [-0.3, -0.25) is 4.79 Å². The number of carbonyl (C=O) groups is 1. The van der Waals surface area contributed by atoms with Crippen molar-refractivity contribution in [3.63, 3.8) is 0 Å². The zero-order chi connectivity index (χ0) is 7.28. The summed E-state index contributed by atoms with van der Waals surface area (Å²) in [5, 5.41) is 0. The lowest BCUT2D eigenvalue weighted by Gasteiger charge is -2.02. The lowest BCUT2D eigenvalue weighted by atomic mass is 10.2. The van der Waals surface area contributed by atoms with E-state index in [0.29, 0.717) is 5.92 Å². The third-order valence-electron chi connectivity index (χ3n) is 0.719. The van der Waals surface area contributed by atoms with E-state index in [9.17, 15) is 9.18 Å². The summed E-state index contributed by atoms with van der Waals surface area (Å²) in [4.78, 5) is 10.5. The Balaban J connectivity index is 3.28. The normalized spacial score (nSPS) is 9.78. The fourth-order valence-corrected chi connectivity index (χ4v) is 0.276. The molecule has 0 rings (SSSR count). The molecule has 1 radical (unpaired) electrons. The third-order valence-corrected chi connectivity index (χ3v) is 0.719. The number of rotatable bonds is 3. The second-order valence-electron chi connectivity index (χ2n) is 1.82. The molecule has 0 aliphatic rings. The van der Waals surface area contributed by atoms with Crippen LogP contribution in [0, 0.1) is 5.92 Å². The molecule has 2 nitrogen and oxygen atoms in total. The Morgan fingerprint density at radius 3 is 2.44 bits per heavy atom. The van der Waals surface area contributed by atoms with Crippen LogP contribution in [0.2, 0.25) is 0 Å². The molecule has 0 aromatic rings. The lowest BCUT2D eigenvalue weighted by molar-refractivity contribution is -0.141. The summed E-state index contributed by atoms with van der Waals surface area (Å²) in [6.45, 7) is 2.50. The summed E-state index contributed by atoms with van der Waals surface area (Å²) >= 11 is 0. The minimum Gasteiger partial charge on any atom is -0.462 e. The maximum absolute atomic E-state index is 11.3. The van der Waals surface area contributed by atoms with Gasteiger partial charge in [0.1, 0.15) is 13.3 Å². The van der Waals surface area contributed by atoms with E-state index in [2.05, 4.69) is 4.74 Å². The second-order valence-corrected chi connectivity index (χ2v) is 1.82. The van der Waals surface area contributed by atoms with Crippen molar-refractivity contribution in [2.24, 2.45) is 0 Å². The van der Waals surface area contributed by atoms with E-state index in [0.717, 1.165) is 0 Å². The van der Waals surface area contributed by atoms with Gasteiger partial charge in [0.25, 0.3) is 0 Å². The van der Waals surface area contributed by atoms with Gasteiger partial charge in [0.05, 0.1) is 5.92 Å². The Hall–Kier alpha value is -0.600. The Morgan fingerprint density at radius 1 is 1.56 bits per heavy atom. The molecule has 0 atom stereocenters. The van der Waals surface area contributed by atoms with Crippen LogP contribution in [0.15, 0.2) is 0 Å². The molecule has 0 N–H and O–H groups in total. The van der Waals surface area contributed by atoms with E-state index < -0.39 is 12.6 Å². The lowest BCUT2D eigenvalue weighted by Crippen LogP contribution is -2.11. The molecular formula is C6H10FO2. The fourth-order valence-electron chi connectivity index (χ4n) is 0.276. The smallest absolute Gasteiger partial charge is 0.312 e. The Kier molecular flexibility index (Phi) is 4.01. The van der Waals surface area contributed by atoms with E-state index in [1.807, 2.05) is 0 Å². The monoisotopic (exact) mass is 133 g/mol. The summed E-state index contributed by atoms with van der Waals surface area (Å²) in [7, 11) is 0. The van der Waals surface area contributed by atoms with Gasteiger partial charge in [0.2, 0.25) is 0 Å². The molecule has 0 heterocycles. The number of esters is 1. The highest BCUT2D eigenvalue weighted by molar-refractivity contribution is 5.83. The van der Waals surface area contributed by atoms with Crippen LogP contribution in [0.5, 0.6) is 0 Å². The molecule has 53 valence electrons. The first-order valence-corrected chi connectivity index (χ1v) is 2.71. The van der Waals surface area contributed by atoms with Crippen LogP contribution in [-0.4, -0.2) is 19.3 Å². The third kappa shape index (κ3) is 3.94. The number of ether oxygens (including phenoxy) is 1. The average Bonchev–Trinajstić information content (AvgIpc) is 1.82. The molecule has 0 aliphatic carbocycles. The van der Waals surface area contributed by atoms with Crippen molar-refractivity contribution in [1.82, 2.24) is 0 Å². The number of hydrogen-bond donors (Lipinski definition) is 0. The van der Waals surface area contributed by atoms with Crippen LogP contribution >= 0.6 is 0 Å². The summed E-state index contributed by atoms with van der Waals surface area (Å²) in [6, 6.07) is 0. The Bertz CT molecular complexity index is 91.1. The molecule has 3 heteroatoms. The zero-order valence-electron chi connectivity index (χ0n) is 5.61. The van der Waals surface area contributed by atoms with E-state index in [1.54, 1.807) is 13.8 Å². The molecule has 9 heavy (non-hydrogen) atoms. The molecule has 0 saturated carbocycles. The van der Waals surface area contributed by atoms with E-state index >= 15 is 0 Å². The fraction of sp³-hybridized carbons (Fsp3) is 0.667. The molecular weight excluding hydrogens is 123 g/mol. The standard InChI is InChI=1S/C6H10FO2/c1-5(2)6(8)9-4-3-7/h3-4H2,1-2H3. The zero-order valence-corrected chi connectivity index (χ0v) is 5.61. The molecule has 0 bridgehead atoms. The van der Waals surface area contributed by atoms with Gasteiger partial charge < -0.3 is 4.74 Å². The van der Waals surface area contributed by atoms with E-state index in [-0.39, 0.29) is 6.61 Å². The molecule has 0 aromatic heterocycles. The number of carbonyl (C=O) groups excluding carboxylic acids is 1. The van der Waals surface area contributed by atoms with Crippen molar-refractivity contribution in [1.29, 1.82) is 0 Å². The van der Waals surface area contributed by atoms with Crippen LogP contribution in [0.4, 0.5) is 4.39 Å². The SMILES string of the molecule is C[C](C)C(=O)OCCF. The number of halogens is 1. The van der Waals surface area contributed by atoms with Crippen molar-refractivity contribution >= 4 is 5.97 Å². The van der Waals surface area contributed by atoms with Gasteiger partial charge in [-0.25, -0.2) is 4.39 Å². The van der Waals surface area contributed by atoms with Crippen LogP contribution < -0.4 is 0 Å². The maximum atomic E-state index is 11.3. The highest BCUT2D eigenvalue weighted by Crippen LogP contribution is 1.97. The minimum absolute atomic E-state index is 0.135. The molecule has 0 amide bonds. The summed E-state index contributed by atoms with van der Waals surface area (Å²) < 4.78 is 15.7. The van der Waals surface area contributed by atoms with Gasteiger partial charge in [-0.1, -0.05) is 0 Å². The molecule has 0 spiro atoms. The second kappa shape index (κ2) is 4.30. The van der Waals surface area contributed by atoms with Gasteiger partial charge in [0.15, 0.2) is 0 Å². The van der Waals surface area contributed by atoms with Crippen LogP contribution in [0.3, 0.4) is 0 Å². The molecule has 0 saturated heterocycles. The first kappa shape index (κ1) is 8.40. The highest BCUT2D eigenvalue weighted by Gasteiger charge is 2.07. The predicted molar refractivity (Wildman–Crippen MR) is 31.5 cm³/mol. The van der Waals surface area contributed by atoms with E-state index in [4.69, 9.17) is 0 Å². The highest BCUT2D eigenvalue weighted by atomic mass is 19.1. The van der Waals surface area contributed by atoms with Gasteiger partial charge in [-0.05, 0) is 13.8 Å². The van der Waals surface area contributed by atoms with Gasteiger partial charge >= 0.3 is 5.97 Å². The van der Waals surface area contributed by atoms with Crippen molar-refractivity contribution in [2.45, 2.75) is 13.8 Å². The van der Waals surface area contributed by atoms with Crippen LogP contribution in [-0.2, 0) is 9.53 Å². The van der Waals surface area contributed by atoms with Crippen molar-refractivity contribution in [3.05, 3.63) is 5.92 Å². The Morgan fingerprint density at radius 2 is 2.11 bits per heavy atom. The minimum atomic E-state index is -0.612. The van der Waals surface area contributed by atoms with Gasteiger partial charge in [-0.2, -0.15) is 0 Å². The molecule has 0 aromatic carbocycles. The summed E-state index contributed by atoms with van der Waals surface area (Å²) in [5.74, 6) is 0.121. The summed E-state index contributed by atoms with van der Waals surface area (Å²) in [6.07, 6.45) is 0. The van der Waals surface area contributed by atoms with Gasteiger partial charge in [0, 0.05) is 0 Å². The van der Waals surface area contributed by atoms with Crippen molar-refractivity contribution in [3.8, 4) is 0 Å². The quantitative estimate of drug-likeness (QED) is 0.539. The maximum Gasteiger partial charge on any atom is 0.312 e.